The Morgan fingerprint density at radius 1 is 1.15 bits per heavy atom. The summed E-state index contributed by atoms with van der Waals surface area (Å²) in [5.74, 6) is 0.360. The number of fused-ring (bicyclic) bond motifs is 1. The third-order valence-electron chi connectivity index (χ3n) is 3.74. The average molecular weight is 369 g/mol. The Kier molecular flexibility index (Phi) is 5.03. The Bertz CT molecular complexity index is 981. The van der Waals surface area contributed by atoms with Crippen LogP contribution in [0.15, 0.2) is 35.5 Å². The van der Waals surface area contributed by atoms with E-state index in [1.807, 2.05) is 26.8 Å². The molecule has 1 aromatic carbocycles. The van der Waals surface area contributed by atoms with Crippen molar-refractivity contribution in [1.82, 2.24) is 19.6 Å². The van der Waals surface area contributed by atoms with Gasteiger partial charge in [0.05, 0.1) is 5.25 Å². The molecule has 2 aromatic heterocycles. The summed E-state index contributed by atoms with van der Waals surface area (Å²) in [5.41, 5.74) is 3.06. The molecule has 0 bridgehead atoms. The van der Waals surface area contributed by atoms with Crippen molar-refractivity contribution in [2.24, 2.45) is 0 Å². The Morgan fingerprint density at radius 2 is 1.85 bits per heavy atom. The van der Waals surface area contributed by atoms with Crippen LogP contribution in [-0.2, 0) is 4.79 Å². The number of benzene rings is 1. The first-order valence-corrected chi connectivity index (χ1v) is 9.01. The van der Waals surface area contributed by atoms with Crippen molar-refractivity contribution < 1.29 is 9.59 Å². The van der Waals surface area contributed by atoms with Gasteiger partial charge in [0, 0.05) is 29.6 Å². The molecule has 1 N–H and O–H groups in total. The minimum Gasteiger partial charge on any atom is -0.326 e. The molecule has 0 aliphatic carbocycles. The van der Waals surface area contributed by atoms with Crippen LogP contribution in [0.2, 0.25) is 0 Å². The van der Waals surface area contributed by atoms with Crippen LogP contribution in [0.25, 0.3) is 5.78 Å². The van der Waals surface area contributed by atoms with Crippen LogP contribution in [0.3, 0.4) is 0 Å². The SMILES string of the molecule is CC(=O)Nc1ccc(C(=O)C(C)Sc2nc3nc(C)cc(C)n3n2)cc1. The first-order valence-electron chi connectivity index (χ1n) is 8.13. The number of carbonyl (C=O) groups is 2. The largest absolute Gasteiger partial charge is 0.326 e. The molecule has 3 aromatic rings. The van der Waals surface area contributed by atoms with E-state index < -0.39 is 0 Å². The third-order valence-corrected chi connectivity index (χ3v) is 4.69. The number of ketones is 1. The number of carbonyl (C=O) groups excluding carboxylic acids is 2. The van der Waals surface area contributed by atoms with Crippen LogP contribution in [0.1, 0.15) is 35.6 Å². The molecule has 0 radical (unpaired) electrons. The number of rotatable bonds is 5. The van der Waals surface area contributed by atoms with Gasteiger partial charge in [-0.15, -0.1) is 5.10 Å². The lowest BCUT2D eigenvalue weighted by Gasteiger charge is -2.08. The van der Waals surface area contributed by atoms with Crippen LogP contribution in [0.4, 0.5) is 5.69 Å². The van der Waals surface area contributed by atoms with Crippen LogP contribution < -0.4 is 5.32 Å². The highest BCUT2D eigenvalue weighted by Gasteiger charge is 2.19. The zero-order chi connectivity index (χ0) is 18.8. The number of nitrogens with one attached hydrogen (secondary N) is 1. The van der Waals surface area contributed by atoms with Gasteiger partial charge in [0.1, 0.15) is 0 Å². The van der Waals surface area contributed by atoms with Crippen molar-refractivity contribution in [3.63, 3.8) is 0 Å². The van der Waals surface area contributed by atoms with Gasteiger partial charge < -0.3 is 5.32 Å². The fourth-order valence-electron chi connectivity index (χ4n) is 2.57. The van der Waals surface area contributed by atoms with E-state index in [-0.39, 0.29) is 16.9 Å². The van der Waals surface area contributed by atoms with Crippen LogP contribution in [0, 0.1) is 13.8 Å². The first-order chi connectivity index (χ1) is 12.3. The zero-order valence-electron chi connectivity index (χ0n) is 15.0. The van der Waals surface area contributed by atoms with Crippen molar-refractivity contribution >= 4 is 34.9 Å². The predicted molar refractivity (Wildman–Crippen MR) is 101 cm³/mol. The van der Waals surface area contributed by atoms with Crippen molar-refractivity contribution in [3.8, 4) is 0 Å². The Balaban J connectivity index is 1.75. The minimum atomic E-state index is -0.347. The summed E-state index contributed by atoms with van der Waals surface area (Å²) in [5, 5.41) is 7.27. The van der Waals surface area contributed by atoms with E-state index in [1.54, 1.807) is 28.8 Å². The van der Waals surface area contributed by atoms with Gasteiger partial charge in [0.15, 0.2) is 5.78 Å². The summed E-state index contributed by atoms with van der Waals surface area (Å²) in [6.45, 7) is 7.12. The monoisotopic (exact) mass is 369 g/mol. The summed E-state index contributed by atoms with van der Waals surface area (Å²) in [4.78, 5) is 32.5. The number of hydrogen-bond donors (Lipinski definition) is 1. The van der Waals surface area contributed by atoms with Gasteiger partial charge in [-0.1, -0.05) is 11.8 Å². The smallest absolute Gasteiger partial charge is 0.253 e. The molecule has 0 fully saturated rings. The highest BCUT2D eigenvalue weighted by atomic mass is 32.2. The Labute approximate surface area is 155 Å². The van der Waals surface area contributed by atoms with E-state index in [0.717, 1.165) is 11.4 Å². The lowest BCUT2D eigenvalue weighted by molar-refractivity contribution is -0.114. The number of Topliss-reactive ketones (excluding diaryl/α,β-unsaturated/α-hetero) is 1. The molecule has 26 heavy (non-hydrogen) atoms. The van der Waals surface area contributed by atoms with Crippen molar-refractivity contribution in [1.29, 1.82) is 0 Å². The quantitative estimate of drug-likeness (QED) is 0.549. The highest BCUT2D eigenvalue weighted by molar-refractivity contribution is 8.00. The summed E-state index contributed by atoms with van der Waals surface area (Å²) in [6.07, 6.45) is 0. The number of amides is 1. The second-order valence-corrected chi connectivity index (χ2v) is 7.34. The van der Waals surface area contributed by atoms with E-state index >= 15 is 0 Å². The molecule has 0 saturated heterocycles. The number of anilines is 1. The standard InChI is InChI=1S/C18H19N5O2S/c1-10-9-11(2)23-17(19-10)21-18(22-23)26-12(3)16(25)14-5-7-15(8-6-14)20-13(4)24/h5-9,12H,1-4H3,(H,20,24). The molecule has 8 heteroatoms. The molecule has 1 amide bonds. The Hall–Kier alpha value is -2.74. The van der Waals surface area contributed by atoms with E-state index in [4.69, 9.17) is 0 Å². The predicted octanol–water partition coefficient (Wildman–Crippen LogP) is 3.06. The number of hydrogen-bond acceptors (Lipinski definition) is 6. The molecule has 134 valence electrons. The minimum absolute atomic E-state index is 0.0240. The highest BCUT2D eigenvalue weighted by Crippen LogP contribution is 2.24. The third kappa shape index (κ3) is 3.91. The second-order valence-electron chi connectivity index (χ2n) is 6.03. The van der Waals surface area contributed by atoms with Crippen LogP contribution in [-0.4, -0.2) is 36.5 Å². The molecule has 0 aliphatic rings. The van der Waals surface area contributed by atoms with Crippen molar-refractivity contribution in [2.75, 3.05) is 5.32 Å². The fraction of sp³-hybridized carbons (Fsp3) is 0.278. The van der Waals surface area contributed by atoms with Gasteiger partial charge in [0.2, 0.25) is 11.1 Å². The van der Waals surface area contributed by atoms with Crippen molar-refractivity contribution in [3.05, 3.63) is 47.3 Å². The normalized spacial score (nSPS) is 12.2. The van der Waals surface area contributed by atoms with Crippen molar-refractivity contribution in [2.45, 2.75) is 38.1 Å². The molecule has 3 rings (SSSR count). The van der Waals surface area contributed by atoms with Gasteiger partial charge >= 0.3 is 0 Å². The molecule has 0 saturated carbocycles. The van der Waals surface area contributed by atoms with Gasteiger partial charge in [-0.05, 0) is 51.1 Å². The maximum atomic E-state index is 12.6. The van der Waals surface area contributed by atoms with E-state index in [9.17, 15) is 9.59 Å². The molecular weight excluding hydrogens is 350 g/mol. The van der Waals surface area contributed by atoms with E-state index in [2.05, 4.69) is 20.4 Å². The summed E-state index contributed by atoms with van der Waals surface area (Å²) >= 11 is 1.30. The fourth-order valence-corrected chi connectivity index (χ4v) is 3.39. The molecular formula is C18H19N5O2S. The number of nitrogens with zero attached hydrogens (tertiary/aromatic N) is 4. The number of thioether (sulfide) groups is 1. The average Bonchev–Trinajstić information content (AvgIpc) is 2.97. The maximum absolute atomic E-state index is 12.6. The second kappa shape index (κ2) is 7.25. The molecule has 7 nitrogen and oxygen atoms in total. The van der Waals surface area contributed by atoms with Gasteiger partial charge in [-0.2, -0.15) is 4.98 Å². The van der Waals surface area contributed by atoms with Gasteiger partial charge in [-0.25, -0.2) is 9.50 Å². The van der Waals surface area contributed by atoms with Gasteiger partial charge in [0.25, 0.3) is 5.78 Å². The summed E-state index contributed by atoms with van der Waals surface area (Å²) in [7, 11) is 0. The van der Waals surface area contributed by atoms with Crippen LogP contribution >= 0.6 is 11.8 Å². The molecule has 0 spiro atoms. The number of aryl methyl sites for hydroxylation is 2. The molecule has 1 atom stereocenters. The van der Waals surface area contributed by atoms with E-state index in [1.165, 1.54) is 18.7 Å². The summed E-state index contributed by atoms with van der Waals surface area (Å²) in [6, 6.07) is 8.77. The van der Waals surface area contributed by atoms with E-state index in [0.29, 0.717) is 22.2 Å². The van der Waals surface area contributed by atoms with Gasteiger partial charge in [-0.3, -0.25) is 9.59 Å². The lowest BCUT2D eigenvalue weighted by Crippen LogP contribution is -2.14. The maximum Gasteiger partial charge on any atom is 0.253 e. The first kappa shape index (κ1) is 18.1. The Morgan fingerprint density at radius 3 is 2.50 bits per heavy atom. The number of aromatic nitrogens is 4. The zero-order valence-corrected chi connectivity index (χ0v) is 15.8. The molecule has 2 heterocycles. The van der Waals surface area contributed by atoms with Crippen LogP contribution in [0.5, 0.6) is 0 Å². The molecule has 0 aliphatic heterocycles. The lowest BCUT2D eigenvalue weighted by atomic mass is 10.1. The topological polar surface area (TPSA) is 89.2 Å². The molecule has 1 unspecified atom stereocenters. The summed E-state index contributed by atoms with van der Waals surface area (Å²) < 4.78 is 1.68.